The maximum atomic E-state index is 5.47. The molecule has 2 rings (SSSR count). The Bertz CT molecular complexity index is 125. The van der Waals surface area contributed by atoms with Gasteiger partial charge in [0.05, 0.1) is 25.4 Å². The second-order valence-electron chi connectivity index (χ2n) is 3.81. The molecule has 0 bridgehead atoms. The molecule has 0 aliphatic carbocycles. The maximum Gasteiger partial charge on any atom is 0.0831 e. The topological polar surface area (TPSA) is 34.3 Å². The standard InChI is InChI=1S/C10H18O3/c1(3-9-7-12-9)2-5-11-6-4-10-8-13-10/h9-10H,1-8H2. The van der Waals surface area contributed by atoms with E-state index < -0.39 is 0 Å². The summed E-state index contributed by atoms with van der Waals surface area (Å²) >= 11 is 0. The molecule has 2 aliphatic heterocycles. The first-order valence-electron chi connectivity index (χ1n) is 5.26. The number of unbranched alkanes of at least 4 members (excludes halogenated alkanes) is 1. The van der Waals surface area contributed by atoms with Crippen LogP contribution in [-0.4, -0.2) is 38.6 Å². The summed E-state index contributed by atoms with van der Waals surface area (Å²) in [5.74, 6) is 0. The smallest absolute Gasteiger partial charge is 0.0831 e. The molecule has 0 aromatic carbocycles. The van der Waals surface area contributed by atoms with E-state index in [1.807, 2.05) is 0 Å². The molecule has 0 N–H and O–H groups in total. The molecule has 0 spiro atoms. The molecule has 76 valence electrons. The second-order valence-corrected chi connectivity index (χ2v) is 3.81. The average Bonchev–Trinajstić information content (AvgIpc) is 2.99. The Morgan fingerprint density at radius 3 is 2.31 bits per heavy atom. The summed E-state index contributed by atoms with van der Waals surface area (Å²) in [7, 11) is 0. The molecule has 2 aliphatic rings. The lowest BCUT2D eigenvalue weighted by molar-refractivity contribution is 0.121. The van der Waals surface area contributed by atoms with Crippen LogP contribution in [0.1, 0.15) is 25.7 Å². The van der Waals surface area contributed by atoms with E-state index in [0.717, 1.165) is 32.8 Å². The van der Waals surface area contributed by atoms with E-state index in [-0.39, 0.29) is 0 Å². The van der Waals surface area contributed by atoms with Crippen molar-refractivity contribution in [3.8, 4) is 0 Å². The van der Waals surface area contributed by atoms with E-state index in [1.54, 1.807) is 0 Å². The van der Waals surface area contributed by atoms with Crippen molar-refractivity contribution in [2.24, 2.45) is 0 Å². The Balaban J connectivity index is 1.28. The van der Waals surface area contributed by atoms with Crippen molar-refractivity contribution in [1.82, 2.24) is 0 Å². The van der Waals surface area contributed by atoms with Crippen molar-refractivity contribution in [3.63, 3.8) is 0 Å². The predicted octanol–water partition coefficient (Wildman–Crippen LogP) is 1.36. The van der Waals surface area contributed by atoms with Gasteiger partial charge in [-0.05, 0) is 25.7 Å². The molecule has 2 saturated heterocycles. The quantitative estimate of drug-likeness (QED) is 0.424. The number of hydrogen-bond acceptors (Lipinski definition) is 3. The van der Waals surface area contributed by atoms with Crippen molar-refractivity contribution in [2.45, 2.75) is 37.9 Å². The van der Waals surface area contributed by atoms with E-state index in [2.05, 4.69) is 0 Å². The van der Waals surface area contributed by atoms with Gasteiger partial charge in [-0.3, -0.25) is 0 Å². The fourth-order valence-electron chi connectivity index (χ4n) is 1.36. The van der Waals surface area contributed by atoms with Gasteiger partial charge in [-0.25, -0.2) is 0 Å². The molecule has 2 heterocycles. The predicted molar refractivity (Wildman–Crippen MR) is 48.8 cm³/mol. The van der Waals surface area contributed by atoms with Crippen molar-refractivity contribution in [1.29, 1.82) is 0 Å². The highest BCUT2D eigenvalue weighted by Gasteiger charge is 2.22. The second kappa shape index (κ2) is 4.94. The minimum absolute atomic E-state index is 0.514. The zero-order valence-electron chi connectivity index (χ0n) is 8.04. The molecule has 13 heavy (non-hydrogen) atoms. The number of ether oxygens (including phenoxy) is 3. The van der Waals surface area contributed by atoms with Crippen molar-refractivity contribution < 1.29 is 14.2 Å². The first kappa shape index (κ1) is 9.44. The van der Waals surface area contributed by atoms with Crippen LogP contribution in [0.3, 0.4) is 0 Å². The summed E-state index contributed by atoms with van der Waals surface area (Å²) in [6.45, 7) is 3.70. The maximum absolute atomic E-state index is 5.47. The Morgan fingerprint density at radius 2 is 1.62 bits per heavy atom. The SMILES string of the molecule is C(CCC1CO1)COCCC1CO1. The molecule has 0 aromatic rings. The Labute approximate surface area is 79.4 Å². The van der Waals surface area contributed by atoms with Crippen LogP contribution in [0.4, 0.5) is 0 Å². The molecule has 0 saturated carbocycles. The zero-order valence-corrected chi connectivity index (χ0v) is 8.04. The largest absolute Gasteiger partial charge is 0.381 e. The first-order valence-corrected chi connectivity index (χ1v) is 5.26. The normalized spacial score (nSPS) is 30.5. The van der Waals surface area contributed by atoms with E-state index >= 15 is 0 Å². The highest BCUT2D eigenvalue weighted by atomic mass is 16.6. The molecule has 0 aromatic heterocycles. The summed E-state index contributed by atoms with van der Waals surface area (Å²) < 4.78 is 15.7. The van der Waals surface area contributed by atoms with Crippen LogP contribution >= 0.6 is 0 Å². The minimum Gasteiger partial charge on any atom is -0.381 e. The van der Waals surface area contributed by atoms with Gasteiger partial charge in [0.1, 0.15) is 0 Å². The van der Waals surface area contributed by atoms with Crippen LogP contribution < -0.4 is 0 Å². The Kier molecular flexibility index (Phi) is 3.58. The summed E-state index contributed by atoms with van der Waals surface area (Å²) in [6, 6.07) is 0. The van der Waals surface area contributed by atoms with E-state index in [1.165, 1.54) is 19.3 Å². The Hall–Kier alpha value is -0.120. The zero-order chi connectivity index (χ0) is 8.93. The third-order valence-electron chi connectivity index (χ3n) is 2.45. The van der Waals surface area contributed by atoms with Crippen LogP contribution in [0.15, 0.2) is 0 Å². The highest BCUT2D eigenvalue weighted by molar-refractivity contribution is 4.68. The van der Waals surface area contributed by atoms with Crippen molar-refractivity contribution in [3.05, 3.63) is 0 Å². The fraction of sp³-hybridized carbons (Fsp3) is 1.00. The van der Waals surface area contributed by atoms with Gasteiger partial charge >= 0.3 is 0 Å². The monoisotopic (exact) mass is 186 g/mol. The molecular formula is C10H18O3. The summed E-state index contributed by atoms with van der Waals surface area (Å²) in [6.07, 6.45) is 5.80. The molecule has 2 atom stereocenters. The van der Waals surface area contributed by atoms with Crippen LogP contribution in [0, 0.1) is 0 Å². The van der Waals surface area contributed by atoms with Gasteiger partial charge < -0.3 is 14.2 Å². The first-order chi connectivity index (χ1) is 6.45. The molecule has 2 unspecified atom stereocenters. The van der Waals surface area contributed by atoms with Crippen LogP contribution in [-0.2, 0) is 14.2 Å². The van der Waals surface area contributed by atoms with Crippen LogP contribution in [0.2, 0.25) is 0 Å². The lowest BCUT2D eigenvalue weighted by atomic mass is 10.2. The minimum atomic E-state index is 0.514. The molecule has 3 heteroatoms. The van der Waals surface area contributed by atoms with Crippen molar-refractivity contribution >= 4 is 0 Å². The summed E-state index contributed by atoms with van der Waals surface area (Å²) in [5, 5.41) is 0. The van der Waals surface area contributed by atoms with Gasteiger partial charge in [0, 0.05) is 13.2 Å². The Morgan fingerprint density at radius 1 is 0.923 bits per heavy atom. The average molecular weight is 186 g/mol. The highest BCUT2D eigenvalue weighted by Crippen LogP contribution is 2.16. The van der Waals surface area contributed by atoms with Crippen LogP contribution in [0.5, 0.6) is 0 Å². The van der Waals surface area contributed by atoms with Gasteiger partial charge in [0.15, 0.2) is 0 Å². The van der Waals surface area contributed by atoms with E-state index in [4.69, 9.17) is 14.2 Å². The summed E-state index contributed by atoms with van der Waals surface area (Å²) in [4.78, 5) is 0. The van der Waals surface area contributed by atoms with E-state index in [9.17, 15) is 0 Å². The third-order valence-corrected chi connectivity index (χ3v) is 2.45. The molecule has 0 amide bonds. The molecular weight excluding hydrogens is 168 g/mol. The van der Waals surface area contributed by atoms with Gasteiger partial charge in [0.25, 0.3) is 0 Å². The summed E-state index contributed by atoms with van der Waals surface area (Å²) in [5.41, 5.74) is 0. The van der Waals surface area contributed by atoms with Crippen molar-refractivity contribution in [2.75, 3.05) is 26.4 Å². The van der Waals surface area contributed by atoms with Gasteiger partial charge in [-0.15, -0.1) is 0 Å². The molecule has 3 nitrogen and oxygen atoms in total. The third kappa shape index (κ3) is 4.60. The van der Waals surface area contributed by atoms with Gasteiger partial charge in [0.2, 0.25) is 0 Å². The fourth-order valence-corrected chi connectivity index (χ4v) is 1.36. The lowest BCUT2D eigenvalue weighted by Gasteiger charge is -2.01. The molecule has 0 radical (unpaired) electrons. The van der Waals surface area contributed by atoms with Gasteiger partial charge in [-0.2, -0.15) is 0 Å². The lowest BCUT2D eigenvalue weighted by Crippen LogP contribution is -2.00. The number of rotatable bonds is 8. The number of epoxide rings is 2. The van der Waals surface area contributed by atoms with Crippen LogP contribution in [0.25, 0.3) is 0 Å². The number of hydrogen-bond donors (Lipinski definition) is 0. The van der Waals surface area contributed by atoms with Gasteiger partial charge in [-0.1, -0.05) is 0 Å². The van der Waals surface area contributed by atoms with E-state index in [0.29, 0.717) is 12.2 Å². The molecule has 2 fully saturated rings.